The molecule has 0 radical (unpaired) electrons. The lowest BCUT2D eigenvalue weighted by atomic mass is 10.0. The van der Waals surface area contributed by atoms with E-state index in [2.05, 4.69) is 62.2 Å². The van der Waals surface area contributed by atoms with Crippen LogP contribution < -0.4 is 9.80 Å². The molecule has 37 heavy (non-hydrogen) atoms. The highest BCUT2D eigenvalue weighted by Gasteiger charge is 2.29. The Kier molecular flexibility index (Phi) is 6.53. The summed E-state index contributed by atoms with van der Waals surface area (Å²) in [6.07, 6.45) is 0.557. The maximum Gasteiger partial charge on any atom is 0.410 e. The summed E-state index contributed by atoms with van der Waals surface area (Å²) in [6, 6.07) is 24.6. The normalized spacial score (nSPS) is 15.5. The summed E-state index contributed by atoms with van der Waals surface area (Å²) in [4.78, 5) is 28.2. The lowest BCUT2D eigenvalue weighted by molar-refractivity contribution is 0.0941. The number of benzene rings is 3. The Balaban J connectivity index is 1.15. The largest absolute Gasteiger partial charge is 0.445 e. The van der Waals surface area contributed by atoms with Gasteiger partial charge in [0, 0.05) is 49.4 Å². The fraction of sp³-hybridized carbons (Fsp3) is 0.276. The second-order valence-electron chi connectivity index (χ2n) is 9.43. The highest BCUT2D eigenvalue weighted by atomic mass is 35.5. The number of rotatable bonds is 4. The van der Waals surface area contributed by atoms with Gasteiger partial charge in [-0.2, -0.15) is 0 Å². The summed E-state index contributed by atoms with van der Waals surface area (Å²) >= 11 is 6.42. The zero-order valence-corrected chi connectivity index (χ0v) is 21.3. The number of amides is 1. The average molecular weight is 514 g/mol. The minimum Gasteiger partial charge on any atom is -0.445 e. The summed E-state index contributed by atoms with van der Waals surface area (Å²) in [5.74, 6) is 0.893. The Labute approximate surface area is 221 Å². The molecule has 3 heterocycles. The van der Waals surface area contributed by atoms with Crippen LogP contribution >= 0.6 is 11.6 Å². The van der Waals surface area contributed by atoms with Crippen LogP contribution in [0.15, 0.2) is 72.8 Å². The van der Waals surface area contributed by atoms with Gasteiger partial charge in [-0.3, -0.25) is 0 Å². The standard InChI is InChI=1S/C29H28ClN5O2/c30-28-31-25-19-35(26-12-6-10-22-9-4-5-11-23(22)26)14-13-24(25)27(32-28)33-15-17-34(18-16-33)29(36)37-20-21-7-2-1-3-8-21/h1-12H,13-20H2. The molecule has 0 N–H and O–H groups in total. The van der Waals surface area contributed by atoms with Gasteiger partial charge in [0.05, 0.1) is 12.2 Å². The minimum atomic E-state index is -0.281. The van der Waals surface area contributed by atoms with Gasteiger partial charge in [0.25, 0.3) is 0 Å². The Hall–Kier alpha value is -3.84. The Morgan fingerprint density at radius 1 is 0.838 bits per heavy atom. The third-order valence-corrected chi connectivity index (χ3v) is 7.33. The van der Waals surface area contributed by atoms with Crippen molar-refractivity contribution in [3.8, 4) is 0 Å². The van der Waals surface area contributed by atoms with Crippen molar-refractivity contribution < 1.29 is 9.53 Å². The predicted octanol–water partition coefficient (Wildman–Crippen LogP) is 5.30. The van der Waals surface area contributed by atoms with Gasteiger partial charge < -0.3 is 19.4 Å². The summed E-state index contributed by atoms with van der Waals surface area (Å²) in [7, 11) is 0. The van der Waals surface area contributed by atoms with Gasteiger partial charge in [-0.15, -0.1) is 0 Å². The number of aromatic nitrogens is 2. The smallest absolute Gasteiger partial charge is 0.410 e. The van der Waals surface area contributed by atoms with Gasteiger partial charge in [-0.1, -0.05) is 66.7 Å². The maximum absolute atomic E-state index is 12.6. The molecule has 0 unspecified atom stereocenters. The molecule has 7 nitrogen and oxygen atoms in total. The highest BCUT2D eigenvalue weighted by Crippen LogP contribution is 2.33. The van der Waals surface area contributed by atoms with E-state index < -0.39 is 0 Å². The molecule has 0 spiro atoms. The van der Waals surface area contributed by atoms with Crippen LogP contribution in [-0.2, 0) is 24.3 Å². The number of ether oxygens (including phenoxy) is 1. The van der Waals surface area contributed by atoms with Gasteiger partial charge in [0.1, 0.15) is 12.4 Å². The molecule has 0 aliphatic carbocycles. The third-order valence-electron chi connectivity index (χ3n) is 7.17. The fourth-order valence-electron chi connectivity index (χ4n) is 5.24. The van der Waals surface area contributed by atoms with Crippen molar-refractivity contribution in [1.29, 1.82) is 0 Å². The van der Waals surface area contributed by atoms with Crippen molar-refractivity contribution in [2.45, 2.75) is 19.6 Å². The van der Waals surface area contributed by atoms with E-state index >= 15 is 0 Å². The molecule has 1 aromatic heterocycles. The van der Waals surface area contributed by atoms with Gasteiger partial charge in [-0.05, 0) is 35.0 Å². The van der Waals surface area contributed by atoms with Gasteiger partial charge in [-0.25, -0.2) is 14.8 Å². The molecule has 1 amide bonds. The molecule has 4 aromatic rings. The van der Waals surface area contributed by atoms with Crippen molar-refractivity contribution in [1.82, 2.24) is 14.9 Å². The van der Waals surface area contributed by atoms with E-state index in [1.54, 1.807) is 4.90 Å². The molecule has 0 bridgehead atoms. The first-order valence-electron chi connectivity index (χ1n) is 12.6. The lowest BCUT2D eigenvalue weighted by Crippen LogP contribution is -2.49. The number of carbonyl (C=O) groups excluding carboxylic acids is 1. The van der Waals surface area contributed by atoms with E-state index in [-0.39, 0.29) is 18.0 Å². The summed E-state index contributed by atoms with van der Waals surface area (Å²) in [5, 5.41) is 2.73. The molecule has 2 aliphatic heterocycles. The van der Waals surface area contributed by atoms with Crippen molar-refractivity contribution in [3.63, 3.8) is 0 Å². The van der Waals surface area contributed by atoms with Gasteiger partial charge in [0.15, 0.2) is 0 Å². The summed E-state index contributed by atoms with van der Waals surface area (Å²) in [6.45, 7) is 4.34. The van der Waals surface area contributed by atoms with E-state index in [0.717, 1.165) is 35.6 Å². The highest BCUT2D eigenvalue weighted by molar-refractivity contribution is 6.28. The Morgan fingerprint density at radius 3 is 2.43 bits per heavy atom. The SMILES string of the molecule is O=C(OCc1ccccc1)N1CCN(c2nc(Cl)nc3c2CCN(c2cccc4ccccc24)C3)CC1. The van der Waals surface area contributed by atoms with Crippen LogP contribution in [0.5, 0.6) is 0 Å². The number of nitrogens with zero attached hydrogens (tertiary/aromatic N) is 5. The molecule has 6 rings (SSSR count). The Morgan fingerprint density at radius 2 is 1.59 bits per heavy atom. The molecule has 1 saturated heterocycles. The number of anilines is 2. The molecule has 8 heteroatoms. The molecule has 1 fully saturated rings. The molecule has 2 aliphatic rings. The summed E-state index contributed by atoms with van der Waals surface area (Å²) in [5.41, 5.74) is 4.32. The molecule has 0 saturated carbocycles. The first-order chi connectivity index (χ1) is 18.2. The van der Waals surface area contributed by atoms with Crippen molar-refractivity contribution in [2.75, 3.05) is 42.5 Å². The van der Waals surface area contributed by atoms with E-state index in [0.29, 0.717) is 32.7 Å². The van der Waals surface area contributed by atoms with Gasteiger partial charge in [0.2, 0.25) is 5.28 Å². The first-order valence-corrected chi connectivity index (χ1v) is 13.0. The molecular formula is C29H28ClN5O2. The number of carbonyl (C=O) groups is 1. The third kappa shape index (κ3) is 4.91. The van der Waals surface area contributed by atoms with Crippen molar-refractivity contribution in [3.05, 3.63) is 94.9 Å². The van der Waals surface area contributed by atoms with E-state index in [1.807, 2.05) is 30.3 Å². The van der Waals surface area contributed by atoms with E-state index in [1.165, 1.54) is 16.5 Å². The maximum atomic E-state index is 12.6. The Bertz CT molecular complexity index is 1420. The van der Waals surface area contributed by atoms with Crippen LogP contribution in [-0.4, -0.2) is 53.7 Å². The summed E-state index contributed by atoms with van der Waals surface area (Å²) < 4.78 is 5.52. The van der Waals surface area contributed by atoms with E-state index in [4.69, 9.17) is 16.3 Å². The van der Waals surface area contributed by atoms with Crippen molar-refractivity contribution in [2.24, 2.45) is 0 Å². The lowest BCUT2D eigenvalue weighted by Gasteiger charge is -2.37. The van der Waals surface area contributed by atoms with Crippen LogP contribution in [0.4, 0.5) is 16.3 Å². The fourth-order valence-corrected chi connectivity index (χ4v) is 5.43. The number of halogens is 1. The molecular weight excluding hydrogens is 486 g/mol. The van der Waals surface area contributed by atoms with Crippen LogP contribution in [0, 0.1) is 0 Å². The zero-order chi connectivity index (χ0) is 25.2. The first kappa shape index (κ1) is 23.6. The number of hydrogen-bond acceptors (Lipinski definition) is 6. The monoisotopic (exact) mass is 513 g/mol. The average Bonchev–Trinajstić information content (AvgIpc) is 2.95. The second kappa shape index (κ2) is 10.3. The minimum absolute atomic E-state index is 0.262. The van der Waals surface area contributed by atoms with Crippen LogP contribution in [0.2, 0.25) is 5.28 Å². The van der Waals surface area contributed by atoms with Crippen LogP contribution in [0.25, 0.3) is 10.8 Å². The quantitative estimate of drug-likeness (QED) is 0.345. The number of fused-ring (bicyclic) bond motifs is 2. The zero-order valence-electron chi connectivity index (χ0n) is 20.5. The number of hydrogen-bond donors (Lipinski definition) is 0. The van der Waals surface area contributed by atoms with Crippen LogP contribution in [0.3, 0.4) is 0 Å². The van der Waals surface area contributed by atoms with Gasteiger partial charge >= 0.3 is 6.09 Å². The second-order valence-corrected chi connectivity index (χ2v) is 9.76. The van der Waals surface area contributed by atoms with E-state index in [9.17, 15) is 4.79 Å². The predicted molar refractivity (Wildman–Crippen MR) is 146 cm³/mol. The van der Waals surface area contributed by atoms with Crippen LogP contribution in [0.1, 0.15) is 16.8 Å². The molecule has 188 valence electrons. The molecule has 3 aromatic carbocycles. The number of piperazine rings is 1. The van der Waals surface area contributed by atoms with Crippen molar-refractivity contribution >= 4 is 40.0 Å². The topological polar surface area (TPSA) is 61.8 Å². The molecule has 0 atom stereocenters.